The molecule has 6 N–H and O–H groups in total. The van der Waals surface area contributed by atoms with Gasteiger partial charge in [-0.05, 0) is 77.6 Å². The van der Waals surface area contributed by atoms with Crippen molar-refractivity contribution in [1.29, 1.82) is 0 Å². The molecule has 6 aromatic rings. The van der Waals surface area contributed by atoms with Crippen LogP contribution < -0.4 is 140 Å². The molecule has 0 unspecified atom stereocenters. The number of hydrogen-bond acceptors (Lipinski definition) is 16. The Morgan fingerprint density at radius 3 is 1.32 bits per heavy atom. The number of hydrogen-bond donors (Lipinski definition) is 4. The number of nitrogens with two attached hydrogens (primary N) is 2. The van der Waals surface area contributed by atoms with Gasteiger partial charge in [0.1, 0.15) is 30.0 Å². The zero-order chi connectivity index (χ0) is 41.4. The Bertz CT molecular complexity index is 3230. The number of aryl methyl sites for hydroxylation is 2. The molecule has 0 spiro atoms. The van der Waals surface area contributed by atoms with E-state index in [0.29, 0.717) is 39.9 Å². The molecular weight excluding hydrogens is 909 g/mol. The molecule has 0 amide bonds. The number of azo groups is 1. The van der Waals surface area contributed by atoms with E-state index < -0.39 is 110 Å². The van der Waals surface area contributed by atoms with Crippen molar-refractivity contribution in [2.75, 3.05) is 11.5 Å². The van der Waals surface area contributed by atoms with Gasteiger partial charge in [0.05, 0.1) is 32.5 Å². The van der Waals surface area contributed by atoms with Crippen LogP contribution in [-0.4, -0.2) is 51.9 Å². The number of nitrogen functional groups attached to an aromatic ring is 2. The van der Waals surface area contributed by atoms with Crippen molar-refractivity contribution in [3.63, 3.8) is 0 Å². The summed E-state index contributed by atoms with van der Waals surface area (Å²) in [7, 11) is -21.0. The average Bonchev–Trinajstić information content (AvgIpc) is 3.06. The van der Waals surface area contributed by atoms with E-state index in [1.807, 2.05) is 0 Å². The molecule has 0 fully saturated rings. The zero-order valence-corrected chi connectivity index (χ0v) is 43.7. The van der Waals surface area contributed by atoms with Gasteiger partial charge in [0.15, 0.2) is 0 Å². The summed E-state index contributed by atoms with van der Waals surface area (Å²) in [5.41, 5.74) is 12.8. The van der Waals surface area contributed by atoms with Crippen LogP contribution in [0.2, 0.25) is 0 Å². The Kier molecular flexibility index (Phi) is 17.7. The second-order valence-electron chi connectivity index (χ2n) is 12.4. The van der Waals surface area contributed by atoms with E-state index in [-0.39, 0.29) is 129 Å². The molecule has 0 bridgehead atoms. The molecule has 6 rings (SSSR count). The van der Waals surface area contributed by atoms with Gasteiger partial charge in [-0.1, -0.05) is 54.0 Å². The van der Waals surface area contributed by atoms with E-state index in [4.69, 9.17) is 11.5 Å². The van der Waals surface area contributed by atoms with E-state index in [1.54, 1.807) is 50.2 Å². The number of anilines is 2. The van der Waals surface area contributed by atoms with Crippen molar-refractivity contribution in [2.45, 2.75) is 33.4 Å². The summed E-state index contributed by atoms with van der Waals surface area (Å²) in [6.07, 6.45) is 0. The minimum atomic E-state index is -5.34. The van der Waals surface area contributed by atoms with Crippen LogP contribution in [0.3, 0.4) is 0 Å². The minimum absolute atomic E-state index is 0. The molecule has 0 aliphatic heterocycles. The van der Waals surface area contributed by atoms with Gasteiger partial charge in [-0.2, -0.15) is 27.1 Å². The third kappa shape index (κ3) is 10.6. The largest absolute Gasteiger partial charge is 1.00 e. The molecule has 0 aliphatic carbocycles. The Labute approximate surface area is 432 Å². The molecule has 18 nitrogen and oxygen atoms in total. The SMILES string of the molecule is Cc1cc(-c2ccc(-c3ccc4c(S(=O)(=O)[O-])cc(S(=O)(=O)O)c(N)c4c3[O-])c(C)c2)ccc1N=Nc1ccc2c(S(=O)(=O)[O-])cc(S(=O)(=O)O)c(N)c2c1[O-].[Na+].[Na+].[Na+].[Na+]. The maximum atomic E-state index is 13.7. The normalized spacial score (nSPS) is 12.0. The van der Waals surface area contributed by atoms with Crippen LogP contribution in [0.4, 0.5) is 22.7 Å². The number of rotatable bonds is 8. The fraction of sp³-hybridized carbons (Fsp3) is 0.0588. The Morgan fingerprint density at radius 2 is 0.883 bits per heavy atom. The van der Waals surface area contributed by atoms with E-state index in [9.17, 15) is 62.1 Å². The fourth-order valence-corrected chi connectivity index (χ4v) is 9.07. The summed E-state index contributed by atoms with van der Waals surface area (Å²) in [5.74, 6) is -1.98. The molecule has 0 saturated carbocycles. The van der Waals surface area contributed by atoms with Gasteiger partial charge in [0.25, 0.3) is 20.2 Å². The van der Waals surface area contributed by atoms with Crippen LogP contribution in [0.25, 0.3) is 43.8 Å². The number of benzene rings is 6. The molecule has 6 aromatic carbocycles. The van der Waals surface area contributed by atoms with Crippen molar-refractivity contribution in [3.8, 4) is 33.8 Å². The van der Waals surface area contributed by atoms with E-state index >= 15 is 0 Å². The summed E-state index contributed by atoms with van der Waals surface area (Å²) in [6.45, 7) is 3.33. The second-order valence-corrected chi connectivity index (χ2v) is 17.8. The van der Waals surface area contributed by atoms with Crippen molar-refractivity contribution < 1.29 is 180 Å². The van der Waals surface area contributed by atoms with Crippen molar-refractivity contribution in [2.24, 2.45) is 10.2 Å². The molecule has 26 heteroatoms. The smallest absolute Gasteiger partial charge is 0.872 e. The monoisotopic (exact) mass is 932 g/mol. The van der Waals surface area contributed by atoms with Gasteiger partial charge >= 0.3 is 118 Å². The summed E-state index contributed by atoms with van der Waals surface area (Å²) >= 11 is 0. The zero-order valence-electron chi connectivity index (χ0n) is 32.4. The second kappa shape index (κ2) is 19.6. The van der Waals surface area contributed by atoms with Crippen LogP contribution in [0, 0.1) is 13.8 Å². The predicted octanol–water partition coefficient (Wildman–Crippen LogP) is -8.01. The summed E-state index contributed by atoms with van der Waals surface area (Å²) < 4.78 is 138. The maximum absolute atomic E-state index is 13.7. The molecule has 0 atom stereocenters. The number of fused-ring (bicyclic) bond motifs is 2. The maximum Gasteiger partial charge on any atom is 1.00 e. The standard InChI is InChI=1S/C34H28N4O14S4.4Na/c1-15-11-17(3-5-19(15)20-6-7-21-25(53(41,42)43)13-27(55(47,48)49)31(35)29(21)33(20)39)18-4-9-23(16(2)12-18)37-38-24-10-8-22-26(54(44,45)46)14-28(56(50,51)52)32(36)30(22)34(24)40;;;;/h3-14,39-40H,35-36H2,1-2H3,(H,41,42,43)(H,44,45,46)(H,47,48,49)(H,50,51,52);;;;/q;4*+1/p-4. The van der Waals surface area contributed by atoms with Crippen LogP contribution >= 0.6 is 0 Å². The van der Waals surface area contributed by atoms with Gasteiger partial charge in [0, 0.05) is 21.5 Å². The molecule has 0 radical (unpaired) electrons. The van der Waals surface area contributed by atoms with Crippen molar-refractivity contribution >= 4 is 84.8 Å². The minimum Gasteiger partial charge on any atom is -0.872 e. The fourth-order valence-electron chi connectivity index (χ4n) is 6.23. The van der Waals surface area contributed by atoms with Gasteiger partial charge in [-0.25, -0.2) is 16.8 Å². The predicted molar refractivity (Wildman–Crippen MR) is 196 cm³/mol. The molecule has 0 heterocycles. The molecule has 0 aliphatic rings. The molecule has 60 heavy (non-hydrogen) atoms. The van der Waals surface area contributed by atoms with E-state index in [1.165, 1.54) is 6.07 Å². The van der Waals surface area contributed by atoms with Gasteiger partial charge in [-0.3, -0.25) is 9.11 Å². The first-order valence-corrected chi connectivity index (χ1v) is 21.1. The molecular formula is C34H24N4Na4O14S4. The van der Waals surface area contributed by atoms with Gasteiger partial charge in [0.2, 0.25) is 0 Å². The third-order valence-corrected chi connectivity index (χ3v) is 12.4. The number of nitrogens with zero attached hydrogens (tertiary/aromatic N) is 2. The Balaban J connectivity index is 0.00000310. The third-order valence-electron chi connectivity index (χ3n) is 8.83. The molecule has 292 valence electrons. The summed E-state index contributed by atoms with van der Waals surface area (Å²) in [4.78, 5) is -4.42. The van der Waals surface area contributed by atoms with Crippen LogP contribution in [-0.2, 0) is 40.5 Å². The Morgan fingerprint density at radius 1 is 0.500 bits per heavy atom. The van der Waals surface area contributed by atoms with Crippen molar-refractivity contribution in [3.05, 3.63) is 83.9 Å². The molecule has 0 aromatic heterocycles. The Hall–Kier alpha value is -1.72. The first-order valence-electron chi connectivity index (χ1n) is 15.4. The quantitative estimate of drug-likeness (QED) is 0.0477. The topological polar surface area (TPSA) is 346 Å². The van der Waals surface area contributed by atoms with Gasteiger partial charge < -0.3 is 30.8 Å². The van der Waals surface area contributed by atoms with Crippen LogP contribution in [0.1, 0.15) is 11.1 Å². The first kappa shape index (κ1) is 54.4. The summed E-state index contributed by atoms with van der Waals surface area (Å²) in [6, 6.07) is 15.1. The van der Waals surface area contributed by atoms with Gasteiger partial charge in [-0.15, -0.1) is 0 Å². The van der Waals surface area contributed by atoms with Crippen LogP contribution in [0.5, 0.6) is 11.5 Å². The van der Waals surface area contributed by atoms with E-state index in [0.717, 1.165) is 18.2 Å². The summed E-state index contributed by atoms with van der Waals surface area (Å²) in [5, 5.41) is 32.9. The molecule has 0 saturated heterocycles. The first-order chi connectivity index (χ1) is 25.8. The van der Waals surface area contributed by atoms with Crippen molar-refractivity contribution in [1.82, 2.24) is 0 Å². The average molecular weight is 933 g/mol. The van der Waals surface area contributed by atoms with E-state index in [2.05, 4.69) is 10.2 Å². The van der Waals surface area contributed by atoms with Crippen LogP contribution in [0.15, 0.2) is 103 Å².